The first kappa shape index (κ1) is 29.1. The maximum atomic E-state index is 15.7. The predicted molar refractivity (Wildman–Crippen MR) is 140 cm³/mol. The number of carbonyl (C=O) groups is 2. The van der Waals surface area contributed by atoms with Crippen LogP contribution in [0.3, 0.4) is 0 Å². The third kappa shape index (κ3) is 4.77. The van der Waals surface area contributed by atoms with E-state index in [0.717, 1.165) is 24.3 Å². The lowest BCUT2D eigenvalue weighted by Crippen LogP contribution is -2.51. The van der Waals surface area contributed by atoms with Gasteiger partial charge in [-0.2, -0.15) is 13.2 Å². The Morgan fingerprint density at radius 3 is 2.50 bits per heavy atom. The third-order valence-corrected chi connectivity index (χ3v) is 7.69. The number of benzene rings is 2. The summed E-state index contributed by atoms with van der Waals surface area (Å²) in [6.07, 6.45) is -5.47. The van der Waals surface area contributed by atoms with Gasteiger partial charge in [0, 0.05) is 16.7 Å². The van der Waals surface area contributed by atoms with Gasteiger partial charge in [0.05, 0.1) is 29.1 Å². The highest BCUT2D eigenvalue weighted by Gasteiger charge is 2.58. The van der Waals surface area contributed by atoms with Crippen LogP contribution in [-0.4, -0.2) is 53.3 Å². The number of nitrogens with two attached hydrogens (primary N) is 1. The number of ether oxygens (including phenoxy) is 2. The average Bonchev–Trinajstić information content (AvgIpc) is 3.50. The molecule has 42 heavy (non-hydrogen) atoms. The summed E-state index contributed by atoms with van der Waals surface area (Å²) < 4.78 is 83.9. The maximum absolute atomic E-state index is 15.7. The lowest BCUT2D eigenvalue weighted by Gasteiger charge is -2.31. The fraction of sp³-hybridized carbons (Fsp3) is 0.259. The molecule has 4 N–H and O–H groups in total. The minimum atomic E-state index is -5.47. The average molecular weight is 609 g/mol. The van der Waals surface area contributed by atoms with E-state index in [2.05, 4.69) is 15.3 Å². The van der Waals surface area contributed by atoms with E-state index in [1.807, 2.05) is 0 Å². The Hall–Kier alpha value is -4.37. The number of nitrogens with one attached hydrogen (secondary N) is 1. The number of aromatic nitrogens is 2. The summed E-state index contributed by atoms with van der Waals surface area (Å²) in [4.78, 5) is 33.2. The summed E-state index contributed by atoms with van der Waals surface area (Å²) in [6.45, 7) is -0.686. The number of rotatable bonds is 7. The van der Waals surface area contributed by atoms with E-state index in [1.165, 1.54) is 30.6 Å². The van der Waals surface area contributed by atoms with Crippen LogP contribution < -0.4 is 20.5 Å². The molecule has 0 bridgehead atoms. The number of thiazole rings is 1. The van der Waals surface area contributed by atoms with Crippen LogP contribution in [-0.2, 0) is 16.1 Å². The van der Waals surface area contributed by atoms with Gasteiger partial charge in [0.1, 0.15) is 29.4 Å². The van der Waals surface area contributed by atoms with Gasteiger partial charge >= 0.3 is 6.18 Å². The molecule has 1 aliphatic rings. The van der Waals surface area contributed by atoms with Crippen LogP contribution in [0, 0.1) is 12.7 Å². The van der Waals surface area contributed by atoms with E-state index < -0.39 is 70.9 Å². The molecule has 0 saturated carbocycles. The second kappa shape index (κ2) is 10.2. The Labute approximate surface area is 238 Å². The molecule has 1 aliphatic heterocycles. The van der Waals surface area contributed by atoms with Crippen LogP contribution in [0.25, 0.3) is 21.5 Å². The summed E-state index contributed by atoms with van der Waals surface area (Å²) in [6, 6.07) is 7.47. The molecular formula is C27H21F5N4O5S. The van der Waals surface area contributed by atoms with Crippen molar-refractivity contribution in [2.45, 2.75) is 24.4 Å². The number of alkyl halides is 4. The second-order valence-corrected chi connectivity index (χ2v) is 10.7. The molecule has 0 fully saturated rings. The van der Waals surface area contributed by atoms with Crippen molar-refractivity contribution in [2.75, 3.05) is 20.3 Å². The predicted octanol–water partition coefficient (Wildman–Crippen LogP) is 4.04. The van der Waals surface area contributed by atoms with Gasteiger partial charge in [-0.05, 0) is 49.4 Å². The number of pyridine rings is 1. The summed E-state index contributed by atoms with van der Waals surface area (Å²) >= 11 is 1.23. The van der Waals surface area contributed by atoms with E-state index in [0.29, 0.717) is 21.3 Å². The standard InChI is InChI=1S/C27H21F5N4O5S/c1-12-35-21-17(40-2)7-14(8-18(21)42-12)23(37)34-10-26(39,27(30,31)32)19-9-16-22(41-11-25(16,29)24(33)38)20(36-19)13-3-5-15(28)6-4-13/h3-9,39H,10-11H2,1-2H3,(H2,33,38)(H,34,37)/t25-,26+/m1/s1. The number of aryl methyl sites for hydroxylation is 1. The number of fused-ring (bicyclic) bond motifs is 2. The van der Waals surface area contributed by atoms with Crippen molar-refractivity contribution < 1.29 is 46.1 Å². The Morgan fingerprint density at radius 1 is 1.19 bits per heavy atom. The van der Waals surface area contributed by atoms with Gasteiger partial charge in [-0.15, -0.1) is 11.3 Å². The van der Waals surface area contributed by atoms with Crippen molar-refractivity contribution in [1.29, 1.82) is 0 Å². The maximum Gasteiger partial charge on any atom is 0.424 e. The second-order valence-electron chi connectivity index (χ2n) is 9.49. The molecule has 2 atom stereocenters. The fourth-order valence-corrected chi connectivity index (χ4v) is 5.37. The van der Waals surface area contributed by atoms with Crippen LogP contribution in [0.5, 0.6) is 11.5 Å². The molecular weight excluding hydrogens is 587 g/mol. The number of halogens is 5. The summed E-state index contributed by atoms with van der Waals surface area (Å²) in [5, 5.41) is 13.8. The molecule has 4 aromatic rings. The van der Waals surface area contributed by atoms with Gasteiger partial charge < -0.3 is 25.6 Å². The number of nitrogens with zero attached hydrogens (tertiary/aromatic N) is 2. The normalized spacial score (nSPS) is 17.8. The number of hydrogen-bond acceptors (Lipinski definition) is 8. The van der Waals surface area contributed by atoms with E-state index >= 15 is 4.39 Å². The van der Waals surface area contributed by atoms with Crippen molar-refractivity contribution in [3.63, 3.8) is 0 Å². The Morgan fingerprint density at radius 2 is 1.88 bits per heavy atom. The summed E-state index contributed by atoms with van der Waals surface area (Å²) in [5.41, 5.74) is -3.63. The first-order chi connectivity index (χ1) is 19.7. The number of primary amides is 1. The van der Waals surface area contributed by atoms with E-state index in [9.17, 15) is 32.3 Å². The molecule has 2 amide bonds. The van der Waals surface area contributed by atoms with Crippen LogP contribution >= 0.6 is 11.3 Å². The van der Waals surface area contributed by atoms with Crippen molar-refractivity contribution in [3.05, 3.63) is 70.1 Å². The zero-order chi connectivity index (χ0) is 30.6. The largest absolute Gasteiger partial charge is 0.494 e. The fourth-order valence-electron chi connectivity index (χ4n) is 4.48. The van der Waals surface area contributed by atoms with Crippen LogP contribution in [0.1, 0.15) is 26.6 Å². The monoisotopic (exact) mass is 608 g/mol. The highest BCUT2D eigenvalue weighted by atomic mass is 32.1. The smallest absolute Gasteiger partial charge is 0.424 e. The molecule has 0 aliphatic carbocycles. The zero-order valence-corrected chi connectivity index (χ0v) is 22.6. The molecule has 2 aromatic carbocycles. The van der Waals surface area contributed by atoms with Gasteiger partial charge in [0.15, 0.2) is 5.75 Å². The first-order valence-corrected chi connectivity index (χ1v) is 13.0. The molecule has 3 heterocycles. The van der Waals surface area contributed by atoms with E-state index in [1.54, 1.807) is 6.92 Å². The van der Waals surface area contributed by atoms with Gasteiger partial charge in [-0.1, -0.05) is 0 Å². The number of hydrogen-bond donors (Lipinski definition) is 3. The van der Waals surface area contributed by atoms with Crippen molar-refractivity contribution in [1.82, 2.24) is 15.3 Å². The van der Waals surface area contributed by atoms with Gasteiger partial charge in [0.25, 0.3) is 17.5 Å². The lowest BCUT2D eigenvalue weighted by atomic mass is 9.90. The highest BCUT2D eigenvalue weighted by Crippen LogP contribution is 2.48. The third-order valence-electron chi connectivity index (χ3n) is 6.77. The van der Waals surface area contributed by atoms with E-state index in [4.69, 9.17) is 15.2 Å². The molecule has 0 saturated heterocycles. The van der Waals surface area contributed by atoms with Crippen molar-refractivity contribution in [3.8, 4) is 22.8 Å². The summed E-state index contributed by atoms with van der Waals surface area (Å²) in [7, 11) is 1.34. The molecule has 15 heteroatoms. The SMILES string of the molecule is COc1cc(C(=O)NC[C@](O)(c2cc3c(c(-c4ccc(F)cc4)n2)OC[C@]3(F)C(N)=O)C(F)(F)F)cc2sc(C)nc12. The number of methoxy groups -OCH3 is 1. The molecule has 220 valence electrons. The molecule has 0 spiro atoms. The summed E-state index contributed by atoms with van der Waals surface area (Å²) in [5.74, 6) is -3.41. The minimum Gasteiger partial charge on any atom is -0.494 e. The Bertz CT molecular complexity index is 1730. The van der Waals surface area contributed by atoms with Crippen molar-refractivity contribution >= 4 is 33.4 Å². The quantitative estimate of drug-likeness (QED) is 0.270. The molecule has 0 radical (unpaired) electrons. The minimum absolute atomic E-state index is 0.00275. The number of aliphatic hydroxyl groups is 1. The highest BCUT2D eigenvalue weighted by molar-refractivity contribution is 7.18. The number of carbonyl (C=O) groups excluding carboxylic acids is 2. The van der Waals surface area contributed by atoms with Crippen LogP contribution in [0.4, 0.5) is 22.0 Å². The number of amides is 2. The Balaban J connectivity index is 1.59. The van der Waals surface area contributed by atoms with Crippen LogP contribution in [0.15, 0.2) is 42.5 Å². The molecule has 5 rings (SSSR count). The topological polar surface area (TPSA) is 137 Å². The van der Waals surface area contributed by atoms with Gasteiger partial charge in [-0.3, -0.25) is 9.59 Å². The zero-order valence-electron chi connectivity index (χ0n) is 21.8. The Kier molecular flexibility index (Phi) is 7.05. The van der Waals surface area contributed by atoms with Crippen LogP contribution in [0.2, 0.25) is 0 Å². The first-order valence-electron chi connectivity index (χ1n) is 12.1. The molecule has 0 unspecified atom stereocenters. The van der Waals surface area contributed by atoms with Gasteiger partial charge in [0.2, 0.25) is 5.60 Å². The van der Waals surface area contributed by atoms with Gasteiger partial charge in [-0.25, -0.2) is 18.7 Å². The molecule has 9 nitrogen and oxygen atoms in total. The van der Waals surface area contributed by atoms with Crippen molar-refractivity contribution in [2.24, 2.45) is 5.73 Å². The molecule has 2 aromatic heterocycles. The van der Waals surface area contributed by atoms with E-state index in [-0.39, 0.29) is 16.9 Å². The lowest BCUT2D eigenvalue weighted by molar-refractivity contribution is -0.265.